The van der Waals surface area contributed by atoms with Crippen LogP contribution in [-0.4, -0.2) is 5.91 Å². The van der Waals surface area contributed by atoms with E-state index < -0.39 is 11.3 Å². The minimum atomic E-state index is -1.24. The molecule has 4 heteroatoms. The van der Waals surface area contributed by atoms with Gasteiger partial charge in [0, 0.05) is 5.92 Å². The predicted molar refractivity (Wildman–Crippen MR) is 62.3 cm³/mol. The molecule has 0 radical (unpaired) electrons. The maximum absolute atomic E-state index is 12.8. The van der Waals surface area contributed by atoms with Crippen LogP contribution in [0.15, 0.2) is 24.3 Å². The van der Waals surface area contributed by atoms with E-state index in [4.69, 9.17) is 5.73 Å². The number of hydrogen-bond acceptors (Lipinski definition) is 2. The second kappa shape index (κ2) is 4.96. The van der Waals surface area contributed by atoms with Gasteiger partial charge in [-0.3, -0.25) is 4.79 Å². The minimum Gasteiger partial charge on any atom is -0.368 e. The molecule has 1 amide bonds. The first kappa shape index (κ1) is 13.2. The molecule has 1 unspecified atom stereocenters. The number of halogens is 1. The summed E-state index contributed by atoms with van der Waals surface area (Å²) in [6.07, 6.45) is 0.331. The number of carbonyl (C=O) groups excluding carboxylic acids is 1. The summed E-state index contributed by atoms with van der Waals surface area (Å²) in [5.74, 6) is -1.35. The third kappa shape index (κ3) is 2.28. The quantitative estimate of drug-likeness (QED) is 0.868. The van der Waals surface area contributed by atoms with Gasteiger partial charge in [-0.25, -0.2) is 4.39 Å². The summed E-state index contributed by atoms with van der Waals surface area (Å²) in [6.45, 7) is 3.50. The van der Waals surface area contributed by atoms with Crippen molar-refractivity contribution in [3.05, 3.63) is 35.6 Å². The molecule has 0 heterocycles. The van der Waals surface area contributed by atoms with E-state index in [9.17, 15) is 14.4 Å². The van der Waals surface area contributed by atoms with E-state index in [0.717, 1.165) is 5.56 Å². The topological polar surface area (TPSA) is 66.9 Å². The summed E-state index contributed by atoms with van der Waals surface area (Å²) in [5, 5.41) is 9.21. The third-order valence-electron chi connectivity index (χ3n) is 3.31. The van der Waals surface area contributed by atoms with Crippen molar-refractivity contribution in [1.82, 2.24) is 0 Å². The first-order valence-corrected chi connectivity index (χ1v) is 5.44. The van der Waals surface area contributed by atoms with Crippen molar-refractivity contribution in [3.63, 3.8) is 0 Å². The van der Waals surface area contributed by atoms with Crippen LogP contribution in [0, 0.1) is 22.6 Å². The van der Waals surface area contributed by atoms with Crippen molar-refractivity contribution < 1.29 is 9.18 Å². The molecule has 3 nitrogen and oxygen atoms in total. The van der Waals surface area contributed by atoms with E-state index in [-0.39, 0.29) is 11.7 Å². The molecule has 0 aliphatic rings. The Kier molecular flexibility index (Phi) is 3.84. The first-order valence-electron chi connectivity index (χ1n) is 5.44. The summed E-state index contributed by atoms with van der Waals surface area (Å²) >= 11 is 0. The predicted octanol–water partition coefficient (Wildman–Crippen LogP) is 2.33. The molecule has 1 aromatic carbocycles. The summed E-state index contributed by atoms with van der Waals surface area (Å²) in [5.41, 5.74) is 4.82. The molecule has 2 atom stereocenters. The Morgan fingerprint density at radius 3 is 2.41 bits per heavy atom. The van der Waals surface area contributed by atoms with Gasteiger partial charge in [-0.15, -0.1) is 0 Å². The van der Waals surface area contributed by atoms with E-state index >= 15 is 0 Å². The largest absolute Gasteiger partial charge is 0.368 e. The van der Waals surface area contributed by atoms with Crippen molar-refractivity contribution in [3.8, 4) is 6.07 Å². The van der Waals surface area contributed by atoms with Crippen molar-refractivity contribution in [2.45, 2.75) is 26.2 Å². The van der Waals surface area contributed by atoms with Gasteiger partial charge in [0.2, 0.25) is 5.91 Å². The van der Waals surface area contributed by atoms with E-state index in [2.05, 4.69) is 0 Å². The Bertz CT molecular complexity index is 449. The lowest BCUT2D eigenvalue weighted by molar-refractivity contribution is -0.125. The van der Waals surface area contributed by atoms with Crippen molar-refractivity contribution >= 4 is 5.91 Å². The van der Waals surface area contributed by atoms with Crippen LogP contribution in [0.3, 0.4) is 0 Å². The molecule has 1 rings (SSSR count). The molecule has 0 saturated heterocycles. The van der Waals surface area contributed by atoms with Gasteiger partial charge in [-0.2, -0.15) is 5.26 Å². The zero-order valence-electron chi connectivity index (χ0n) is 9.90. The maximum Gasteiger partial charge on any atom is 0.238 e. The highest BCUT2D eigenvalue weighted by Crippen LogP contribution is 2.38. The average molecular weight is 234 g/mol. The van der Waals surface area contributed by atoms with Crippen molar-refractivity contribution in [2.24, 2.45) is 11.1 Å². The molecule has 17 heavy (non-hydrogen) atoms. The highest BCUT2D eigenvalue weighted by Gasteiger charge is 2.41. The maximum atomic E-state index is 12.8. The number of amides is 1. The number of benzene rings is 1. The molecule has 0 aliphatic carbocycles. The number of hydrogen-bond donors (Lipinski definition) is 1. The summed E-state index contributed by atoms with van der Waals surface area (Å²) in [6, 6.07) is 7.78. The molecule has 0 aliphatic heterocycles. The number of primary amides is 1. The van der Waals surface area contributed by atoms with Crippen LogP contribution in [0.2, 0.25) is 0 Å². The van der Waals surface area contributed by atoms with E-state index in [0.29, 0.717) is 6.42 Å². The Balaban J connectivity index is 3.18. The summed E-state index contributed by atoms with van der Waals surface area (Å²) < 4.78 is 12.8. The van der Waals surface area contributed by atoms with Gasteiger partial charge < -0.3 is 5.73 Å². The average Bonchev–Trinajstić information content (AvgIpc) is 2.31. The van der Waals surface area contributed by atoms with Gasteiger partial charge >= 0.3 is 0 Å². The monoisotopic (exact) mass is 234 g/mol. The first-order chi connectivity index (χ1) is 7.97. The van der Waals surface area contributed by atoms with Crippen LogP contribution >= 0.6 is 0 Å². The fourth-order valence-electron chi connectivity index (χ4n) is 1.96. The zero-order chi connectivity index (χ0) is 13.1. The Morgan fingerprint density at radius 1 is 1.53 bits per heavy atom. The van der Waals surface area contributed by atoms with Gasteiger partial charge in [0.15, 0.2) is 0 Å². The fourth-order valence-corrected chi connectivity index (χ4v) is 1.96. The number of nitrogens with two attached hydrogens (primary N) is 1. The van der Waals surface area contributed by atoms with Gasteiger partial charge in [0.05, 0.1) is 6.07 Å². The lowest BCUT2D eigenvalue weighted by atomic mass is 9.71. The summed E-state index contributed by atoms with van der Waals surface area (Å²) in [7, 11) is 0. The standard InChI is InChI=1S/C13H15FN2O/c1-3-13(8-15,12(16)17)9(2)10-4-6-11(14)7-5-10/h4-7,9H,3H2,1-2H3,(H2,16,17)/t9-,13?/m0/s1. The molecule has 0 saturated carbocycles. The number of nitrogens with zero attached hydrogens (tertiary/aromatic N) is 1. The Hall–Kier alpha value is -1.89. The van der Waals surface area contributed by atoms with Crippen LogP contribution in [0.25, 0.3) is 0 Å². The molecule has 2 N–H and O–H groups in total. The van der Waals surface area contributed by atoms with Gasteiger partial charge in [0.1, 0.15) is 11.2 Å². The normalized spacial score (nSPS) is 15.6. The van der Waals surface area contributed by atoms with Crippen LogP contribution in [0.5, 0.6) is 0 Å². The van der Waals surface area contributed by atoms with Crippen LogP contribution in [0.4, 0.5) is 4.39 Å². The molecular formula is C13H15FN2O. The second-order valence-corrected chi connectivity index (χ2v) is 4.07. The lowest BCUT2D eigenvalue weighted by Gasteiger charge is -2.28. The Labute approximate surface area is 100 Å². The second-order valence-electron chi connectivity index (χ2n) is 4.07. The van der Waals surface area contributed by atoms with Crippen LogP contribution in [-0.2, 0) is 4.79 Å². The van der Waals surface area contributed by atoms with Crippen LogP contribution < -0.4 is 5.73 Å². The smallest absolute Gasteiger partial charge is 0.238 e. The zero-order valence-corrected chi connectivity index (χ0v) is 9.90. The van der Waals surface area contributed by atoms with Gasteiger partial charge in [0.25, 0.3) is 0 Å². The highest BCUT2D eigenvalue weighted by molar-refractivity contribution is 5.85. The molecule has 90 valence electrons. The van der Waals surface area contributed by atoms with E-state index in [1.165, 1.54) is 12.1 Å². The molecule has 0 fully saturated rings. The molecule has 0 aromatic heterocycles. The third-order valence-corrected chi connectivity index (χ3v) is 3.31. The van der Waals surface area contributed by atoms with Crippen molar-refractivity contribution in [2.75, 3.05) is 0 Å². The molecule has 0 bridgehead atoms. The van der Waals surface area contributed by atoms with Gasteiger partial charge in [-0.05, 0) is 24.1 Å². The number of nitriles is 1. The van der Waals surface area contributed by atoms with Gasteiger partial charge in [-0.1, -0.05) is 26.0 Å². The molecular weight excluding hydrogens is 219 g/mol. The lowest BCUT2D eigenvalue weighted by Crippen LogP contribution is -2.39. The van der Waals surface area contributed by atoms with E-state index in [1.54, 1.807) is 26.0 Å². The SMILES string of the molecule is CCC(C#N)(C(N)=O)[C@@H](C)c1ccc(F)cc1. The fraction of sp³-hybridized carbons (Fsp3) is 0.385. The number of carbonyl (C=O) groups is 1. The van der Waals surface area contributed by atoms with Crippen molar-refractivity contribution in [1.29, 1.82) is 5.26 Å². The highest BCUT2D eigenvalue weighted by atomic mass is 19.1. The number of rotatable bonds is 4. The Morgan fingerprint density at radius 2 is 2.06 bits per heavy atom. The summed E-state index contributed by atoms with van der Waals surface area (Å²) in [4.78, 5) is 11.5. The van der Waals surface area contributed by atoms with E-state index in [1.807, 2.05) is 6.07 Å². The van der Waals surface area contributed by atoms with Crippen LogP contribution in [0.1, 0.15) is 31.7 Å². The molecule has 0 spiro atoms. The molecule has 1 aromatic rings. The minimum absolute atomic E-state index is 0.331.